The maximum atomic E-state index is 5.64. The minimum Gasteiger partial charge on any atom is -0.351 e. The van der Waals surface area contributed by atoms with Crippen molar-refractivity contribution < 1.29 is 0 Å². The summed E-state index contributed by atoms with van der Waals surface area (Å²) in [5.74, 6) is 0.840. The molecule has 0 fully saturated rings. The fourth-order valence-corrected chi connectivity index (χ4v) is 2.17. The van der Waals surface area contributed by atoms with E-state index >= 15 is 0 Å². The molecule has 0 atom stereocenters. The minimum absolute atomic E-state index is 0.636. The van der Waals surface area contributed by atoms with Crippen molar-refractivity contribution in [3.05, 3.63) is 48.0 Å². The number of hydrogen-bond acceptors (Lipinski definition) is 6. The lowest BCUT2D eigenvalue weighted by atomic mass is 10.2. The van der Waals surface area contributed by atoms with Crippen LogP contribution < -0.4 is 10.6 Å². The van der Waals surface area contributed by atoms with Crippen molar-refractivity contribution in [3.63, 3.8) is 0 Å². The van der Waals surface area contributed by atoms with Gasteiger partial charge in [-0.1, -0.05) is 30.3 Å². The number of benzene rings is 1. The average molecular weight is 283 g/mol. The minimum atomic E-state index is 0.636. The Kier molecular flexibility index (Phi) is 4.02. The summed E-state index contributed by atoms with van der Waals surface area (Å²) in [5, 5.41) is 15.8. The molecule has 2 N–H and O–H groups in total. The van der Waals surface area contributed by atoms with Gasteiger partial charge in [0.15, 0.2) is 11.5 Å². The molecule has 0 aliphatic carbocycles. The van der Waals surface area contributed by atoms with Gasteiger partial charge < -0.3 is 10.6 Å². The van der Waals surface area contributed by atoms with Crippen molar-refractivity contribution in [2.24, 2.45) is 5.73 Å². The van der Waals surface area contributed by atoms with Gasteiger partial charge in [-0.3, -0.25) is 0 Å². The quantitative estimate of drug-likeness (QED) is 0.722. The first-order valence-electron chi connectivity index (χ1n) is 6.91. The molecule has 2 heterocycles. The molecule has 0 aliphatic rings. The van der Waals surface area contributed by atoms with Gasteiger partial charge in [-0.2, -0.15) is 0 Å². The van der Waals surface area contributed by atoms with Crippen molar-refractivity contribution in [2.75, 3.05) is 18.0 Å². The number of tetrazole rings is 1. The Morgan fingerprint density at radius 3 is 2.76 bits per heavy atom. The molecule has 3 aromatic rings. The molecule has 108 valence electrons. The van der Waals surface area contributed by atoms with Crippen molar-refractivity contribution in [3.8, 4) is 0 Å². The van der Waals surface area contributed by atoms with E-state index in [9.17, 15) is 0 Å². The van der Waals surface area contributed by atoms with Gasteiger partial charge in [-0.25, -0.2) is 0 Å². The summed E-state index contributed by atoms with van der Waals surface area (Å²) in [6.07, 6.45) is 0.905. The van der Waals surface area contributed by atoms with Gasteiger partial charge in [0.1, 0.15) is 0 Å². The molecule has 7 nitrogen and oxygen atoms in total. The second kappa shape index (κ2) is 6.27. The first-order chi connectivity index (χ1) is 10.4. The van der Waals surface area contributed by atoms with E-state index in [1.54, 1.807) is 0 Å². The average Bonchev–Trinajstić information content (AvgIpc) is 3.00. The molecule has 0 saturated carbocycles. The molecule has 0 saturated heterocycles. The van der Waals surface area contributed by atoms with Crippen LogP contribution in [0, 0.1) is 0 Å². The Balaban J connectivity index is 1.86. The molecule has 0 aliphatic heterocycles. The van der Waals surface area contributed by atoms with Crippen molar-refractivity contribution >= 4 is 11.5 Å². The van der Waals surface area contributed by atoms with Gasteiger partial charge in [0, 0.05) is 13.1 Å². The van der Waals surface area contributed by atoms with Crippen LogP contribution in [0.4, 0.5) is 5.82 Å². The van der Waals surface area contributed by atoms with Gasteiger partial charge in [0.05, 0.1) is 0 Å². The molecule has 3 rings (SSSR count). The lowest BCUT2D eigenvalue weighted by Crippen LogP contribution is -2.27. The van der Waals surface area contributed by atoms with E-state index < -0.39 is 0 Å². The maximum Gasteiger partial charge on any atom is 0.200 e. The standard InChI is InChI=1S/C14H17N7/c15-9-4-10-20(11-12-5-2-1-3-6-12)14-8-7-13-16-18-19-21(13)17-14/h1-3,5-8H,4,9-11,15H2. The van der Waals surface area contributed by atoms with Crippen LogP contribution in [0.5, 0.6) is 0 Å². The Morgan fingerprint density at radius 1 is 1.10 bits per heavy atom. The topological polar surface area (TPSA) is 85.2 Å². The van der Waals surface area contributed by atoms with Crippen LogP contribution in [-0.4, -0.2) is 38.3 Å². The molecule has 0 radical (unpaired) electrons. The zero-order valence-electron chi connectivity index (χ0n) is 11.6. The van der Waals surface area contributed by atoms with Crippen LogP contribution >= 0.6 is 0 Å². The highest BCUT2D eigenvalue weighted by Gasteiger charge is 2.10. The predicted molar refractivity (Wildman–Crippen MR) is 79.7 cm³/mol. The zero-order valence-corrected chi connectivity index (χ0v) is 11.6. The first-order valence-corrected chi connectivity index (χ1v) is 6.91. The van der Waals surface area contributed by atoms with Crippen molar-refractivity contribution in [1.82, 2.24) is 25.3 Å². The molecule has 2 aromatic heterocycles. The number of fused-ring (bicyclic) bond motifs is 1. The Morgan fingerprint density at radius 2 is 1.95 bits per heavy atom. The third-order valence-corrected chi connectivity index (χ3v) is 3.23. The summed E-state index contributed by atoms with van der Waals surface area (Å²) >= 11 is 0. The Bertz CT molecular complexity index is 695. The van der Waals surface area contributed by atoms with Crippen LogP contribution in [0.25, 0.3) is 5.65 Å². The van der Waals surface area contributed by atoms with Gasteiger partial charge in [-0.15, -0.1) is 14.8 Å². The van der Waals surface area contributed by atoms with E-state index in [-0.39, 0.29) is 0 Å². The van der Waals surface area contributed by atoms with Gasteiger partial charge in [0.2, 0.25) is 0 Å². The third kappa shape index (κ3) is 3.14. The molecule has 1 aromatic carbocycles. The Labute approximate surface area is 122 Å². The highest BCUT2D eigenvalue weighted by Crippen LogP contribution is 2.15. The summed E-state index contributed by atoms with van der Waals surface area (Å²) < 4.78 is 1.44. The molecule has 0 amide bonds. The smallest absolute Gasteiger partial charge is 0.200 e. The van der Waals surface area contributed by atoms with Crippen molar-refractivity contribution in [2.45, 2.75) is 13.0 Å². The van der Waals surface area contributed by atoms with Crippen LogP contribution in [0.15, 0.2) is 42.5 Å². The van der Waals surface area contributed by atoms with Gasteiger partial charge in [0.25, 0.3) is 0 Å². The zero-order chi connectivity index (χ0) is 14.5. The summed E-state index contributed by atoms with van der Waals surface area (Å²) in [5.41, 5.74) is 7.50. The highest BCUT2D eigenvalue weighted by molar-refractivity contribution is 5.44. The van der Waals surface area contributed by atoms with Crippen LogP contribution in [-0.2, 0) is 6.54 Å². The molecular weight excluding hydrogens is 266 g/mol. The summed E-state index contributed by atoms with van der Waals surface area (Å²) in [4.78, 5) is 2.18. The van der Waals surface area contributed by atoms with Gasteiger partial charge >= 0.3 is 0 Å². The molecule has 21 heavy (non-hydrogen) atoms. The SMILES string of the molecule is NCCCN(Cc1ccccc1)c1ccc2nnnn2n1. The number of rotatable bonds is 6. The number of aromatic nitrogens is 5. The van der Waals surface area contributed by atoms with Gasteiger partial charge in [-0.05, 0) is 41.1 Å². The normalized spacial score (nSPS) is 10.9. The van der Waals surface area contributed by atoms with Crippen LogP contribution in [0.2, 0.25) is 0 Å². The highest BCUT2D eigenvalue weighted by atomic mass is 15.6. The van der Waals surface area contributed by atoms with Crippen LogP contribution in [0.1, 0.15) is 12.0 Å². The Hall–Kier alpha value is -2.54. The second-order valence-electron chi connectivity index (χ2n) is 4.77. The van der Waals surface area contributed by atoms with Crippen LogP contribution in [0.3, 0.4) is 0 Å². The van der Waals surface area contributed by atoms with E-state index in [0.717, 1.165) is 25.3 Å². The number of anilines is 1. The van der Waals surface area contributed by atoms with E-state index in [1.165, 1.54) is 10.2 Å². The molecule has 0 spiro atoms. The molecule has 0 unspecified atom stereocenters. The monoisotopic (exact) mass is 283 g/mol. The lowest BCUT2D eigenvalue weighted by molar-refractivity contribution is 0.684. The number of nitrogens with two attached hydrogens (primary N) is 1. The van der Waals surface area contributed by atoms with E-state index in [0.29, 0.717) is 12.2 Å². The second-order valence-corrected chi connectivity index (χ2v) is 4.77. The third-order valence-electron chi connectivity index (χ3n) is 3.23. The summed E-state index contributed by atoms with van der Waals surface area (Å²) in [6.45, 7) is 2.27. The fourth-order valence-electron chi connectivity index (χ4n) is 2.17. The summed E-state index contributed by atoms with van der Waals surface area (Å²) in [6, 6.07) is 14.1. The fraction of sp³-hybridized carbons (Fsp3) is 0.286. The summed E-state index contributed by atoms with van der Waals surface area (Å²) in [7, 11) is 0. The predicted octanol–water partition coefficient (Wildman–Crippen LogP) is 0.875. The van der Waals surface area contributed by atoms with Crippen molar-refractivity contribution in [1.29, 1.82) is 0 Å². The largest absolute Gasteiger partial charge is 0.351 e. The lowest BCUT2D eigenvalue weighted by Gasteiger charge is -2.23. The van der Waals surface area contributed by atoms with E-state index in [4.69, 9.17) is 5.73 Å². The maximum absolute atomic E-state index is 5.64. The number of nitrogens with zero attached hydrogens (tertiary/aromatic N) is 6. The molecule has 7 heteroatoms. The van der Waals surface area contributed by atoms with E-state index in [2.05, 4.69) is 37.7 Å². The first kappa shape index (κ1) is 13.4. The molecular formula is C14H17N7. The number of hydrogen-bond donors (Lipinski definition) is 1. The molecule has 0 bridgehead atoms. The van der Waals surface area contributed by atoms with E-state index in [1.807, 2.05) is 30.3 Å².